The molecule has 0 unspecified atom stereocenters. The number of nitrogens with zero attached hydrogens (tertiary/aromatic N) is 1. The van der Waals surface area contributed by atoms with Crippen molar-refractivity contribution in [2.24, 2.45) is 5.92 Å². The monoisotopic (exact) mass is 255 g/mol. The van der Waals surface area contributed by atoms with Gasteiger partial charge in [-0.2, -0.15) is 0 Å². The summed E-state index contributed by atoms with van der Waals surface area (Å²) >= 11 is 0. The molecule has 3 aliphatic heterocycles. The first-order chi connectivity index (χ1) is 9.40. The predicted molar refractivity (Wildman–Crippen MR) is 71.4 cm³/mol. The van der Waals surface area contributed by atoms with Gasteiger partial charge in [-0.3, -0.25) is 4.90 Å². The maximum atomic E-state index is 5.56. The third-order valence-corrected chi connectivity index (χ3v) is 5.20. The normalized spacial score (nSPS) is 34.2. The lowest BCUT2D eigenvalue weighted by Gasteiger charge is -2.41. The summed E-state index contributed by atoms with van der Waals surface area (Å²) in [5, 5.41) is 0. The van der Waals surface area contributed by atoms with Crippen LogP contribution in [0.25, 0.3) is 0 Å². The van der Waals surface area contributed by atoms with E-state index in [9.17, 15) is 0 Å². The second kappa shape index (κ2) is 3.54. The van der Waals surface area contributed by atoms with Crippen molar-refractivity contribution in [3.05, 3.63) is 35.4 Å². The molecule has 0 radical (unpaired) electrons. The molecule has 3 atom stereocenters. The number of hydrogen-bond donors (Lipinski definition) is 0. The molecular weight excluding hydrogens is 238 g/mol. The van der Waals surface area contributed by atoms with Gasteiger partial charge in [0.25, 0.3) is 0 Å². The zero-order chi connectivity index (χ0) is 12.4. The lowest BCUT2D eigenvalue weighted by atomic mass is 9.74. The SMILES string of the molecule is C1=C[C@@H]2CCN3Cc4cc5c(cc4[C@H](C1)[C@H]23)OCO5. The van der Waals surface area contributed by atoms with E-state index in [4.69, 9.17) is 9.47 Å². The molecule has 3 heterocycles. The van der Waals surface area contributed by atoms with Crippen molar-refractivity contribution in [1.29, 1.82) is 0 Å². The van der Waals surface area contributed by atoms with Crippen molar-refractivity contribution in [1.82, 2.24) is 4.90 Å². The fourth-order valence-electron chi connectivity index (χ4n) is 4.40. The molecule has 0 N–H and O–H groups in total. The summed E-state index contributed by atoms with van der Waals surface area (Å²) in [6.07, 6.45) is 7.32. The van der Waals surface area contributed by atoms with Crippen LogP contribution in [0.2, 0.25) is 0 Å². The maximum Gasteiger partial charge on any atom is 0.231 e. The number of benzene rings is 1. The molecule has 98 valence electrons. The molecule has 0 spiro atoms. The van der Waals surface area contributed by atoms with Gasteiger partial charge in [0.15, 0.2) is 11.5 Å². The number of fused-ring (bicyclic) bond motifs is 3. The van der Waals surface area contributed by atoms with Gasteiger partial charge in [0.1, 0.15) is 0 Å². The summed E-state index contributed by atoms with van der Waals surface area (Å²) in [6, 6.07) is 5.17. The van der Waals surface area contributed by atoms with Crippen molar-refractivity contribution < 1.29 is 9.47 Å². The van der Waals surface area contributed by atoms with E-state index in [0.717, 1.165) is 30.0 Å². The van der Waals surface area contributed by atoms with E-state index in [1.54, 1.807) is 0 Å². The van der Waals surface area contributed by atoms with Gasteiger partial charge in [0.05, 0.1) is 0 Å². The first-order valence-electron chi connectivity index (χ1n) is 7.23. The van der Waals surface area contributed by atoms with Gasteiger partial charge in [0, 0.05) is 18.5 Å². The smallest absolute Gasteiger partial charge is 0.231 e. The number of ether oxygens (including phenoxy) is 2. The lowest BCUT2D eigenvalue weighted by molar-refractivity contribution is 0.174. The Kier molecular flexibility index (Phi) is 1.92. The van der Waals surface area contributed by atoms with Crippen molar-refractivity contribution >= 4 is 0 Å². The molecule has 0 aromatic heterocycles. The fourth-order valence-corrected chi connectivity index (χ4v) is 4.40. The summed E-state index contributed by atoms with van der Waals surface area (Å²) < 4.78 is 11.1. The summed E-state index contributed by atoms with van der Waals surface area (Å²) in [6.45, 7) is 2.69. The van der Waals surface area contributed by atoms with Crippen LogP contribution in [0.3, 0.4) is 0 Å². The molecular formula is C16H17NO2. The van der Waals surface area contributed by atoms with Crippen LogP contribution in [-0.2, 0) is 6.54 Å². The van der Waals surface area contributed by atoms with Crippen LogP contribution in [0.5, 0.6) is 11.5 Å². The zero-order valence-electron chi connectivity index (χ0n) is 10.8. The molecule has 0 amide bonds. The third-order valence-electron chi connectivity index (χ3n) is 5.20. The van der Waals surface area contributed by atoms with Crippen molar-refractivity contribution in [2.45, 2.75) is 31.3 Å². The van der Waals surface area contributed by atoms with Crippen LogP contribution in [0.1, 0.15) is 29.9 Å². The Morgan fingerprint density at radius 3 is 3.00 bits per heavy atom. The topological polar surface area (TPSA) is 21.7 Å². The summed E-state index contributed by atoms with van der Waals surface area (Å²) in [5.74, 6) is 3.28. The van der Waals surface area contributed by atoms with E-state index in [0.29, 0.717) is 12.7 Å². The van der Waals surface area contributed by atoms with Crippen molar-refractivity contribution in [3.8, 4) is 11.5 Å². The predicted octanol–water partition coefficient (Wildman–Crippen LogP) is 2.66. The minimum absolute atomic E-state index is 0.374. The van der Waals surface area contributed by atoms with Crippen LogP contribution in [0, 0.1) is 5.92 Å². The highest BCUT2D eigenvalue weighted by Crippen LogP contribution is 2.49. The maximum absolute atomic E-state index is 5.56. The molecule has 1 aromatic rings. The average Bonchev–Trinajstić information content (AvgIpc) is 3.05. The second-order valence-electron chi connectivity index (χ2n) is 6.09. The Bertz CT molecular complexity index is 580. The summed E-state index contributed by atoms with van der Waals surface area (Å²) in [4.78, 5) is 2.67. The Labute approximate surface area is 112 Å². The Morgan fingerprint density at radius 1 is 1.16 bits per heavy atom. The largest absolute Gasteiger partial charge is 0.454 e. The molecule has 5 rings (SSSR count). The highest BCUT2D eigenvalue weighted by molar-refractivity contribution is 5.51. The van der Waals surface area contributed by atoms with Crippen LogP contribution in [-0.4, -0.2) is 24.3 Å². The standard InChI is InChI=1S/C16H17NO2/c1-2-10-4-5-17-8-11-6-14-15(19-9-18-14)7-13(11)12(3-1)16(10)17/h1-2,6-7,10,12,16H,3-5,8-9H2/t10-,12+,16+/m1/s1. The molecule has 0 bridgehead atoms. The van der Waals surface area contributed by atoms with Gasteiger partial charge in [-0.15, -0.1) is 0 Å². The molecule has 3 nitrogen and oxygen atoms in total. The van der Waals surface area contributed by atoms with Crippen LogP contribution >= 0.6 is 0 Å². The van der Waals surface area contributed by atoms with Gasteiger partial charge >= 0.3 is 0 Å². The number of rotatable bonds is 0. The van der Waals surface area contributed by atoms with Crippen LogP contribution in [0.4, 0.5) is 0 Å². The highest BCUT2D eigenvalue weighted by atomic mass is 16.7. The highest BCUT2D eigenvalue weighted by Gasteiger charge is 2.44. The zero-order valence-corrected chi connectivity index (χ0v) is 10.8. The quantitative estimate of drug-likeness (QED) is 0.665. The Morgan fingerprint density at radius 2 is 2.05 bits per heavy atom. The molecule has 3 heteroatoms. The number of allylic oxidation sites excluding steroid dienone is 1. The van der Waals surface area contributed by atoms with Gasteiger partial charge in [-0.25, -0.2) is 0 Å². The Balaban J connectivity index is 1.67. The van der Waals surface area contributed by atoms with Crippen molar-refractivity contribution in [3.63, 3.8) is 0 Å². The van der Waals surface area contributed by atoms with Crippen LogP contribution < -0.4 is 9.47 Å². The van der Waals surface area contributed by atoms with E-state index in [1.165, 1.54) is 30.5 Å². The van der Waals surface area contributed by atoms with Gasteiger partial charge in [-0.1, -0.05) is 12.2 Å². The molecule has 0 saturated carbocycles. The van der Waals surface area contributed by atoms with E-state index < -0.39 is 0 Å². The first-order valence-corrected chi connectivity index (χ1v) is 7.23. The first kappa shape index (κ1) is 10.3. The molecule has 1 saturated heterocycles. The van der Waals surface area contributed by atoms with Crippen LogP contribution in [0.15, 0.2) is 24.3 Å². The van der Waals surface area contributed by atoms with Gasteiger partial charge in [-0.05, 0) is 48.6 Å². The van der Waals surface area contributed by atoms with E-state index >= 15 is 0 Å². The van der Waals surface area contributed by atoms with E-state index in [-0.39, 0.29) is 0 Å². The minimum Gasteiger partial charge on any atom is -0.454 e. The second-order valence-corrected chi connectivity index (χ2v) is 6.09. The lowest BCUT2D eigenvalue weighted by Crippen LogP contribution is -2.42. The third kappa shape index (κ3) is 1.31. The van der Waals surface area contributed by atoms with E-state index in [2.05, 4.69) is 29.2 Å². The molecule has 1 aromatic carbocycles. The van der Waals surface area contributed by atoms with Gasteiger partial charge in [0.2, 0.25) is 6.79 Å². The van der Waals surface area contributed by atoms with Gasteiger partial charge < -0.3 is 9.47 Å². The molecule has 1 fully saturated rings. The molecule has 4 aliphatic rings. The Hall–Kier alpha value is -1.48. The number of hydrogen-bond acceptors (Lipinski definition) is 3. The molecule has 19 heavy (non-hydrogen) atoms. The summed E-state index contributed by atoms with van der Waals surface area (Å²) in [7, 11) is 0. The summed E-state index contributed by atoms with van der Waals surface area (Å²) in [5.41, 5.74) is 2.95. The van der Waals surface area contributed by atoms with Crippen molar-refractivity contribution in [2.75, 3.05) is 13.3 Å². The minimum atomic E-state index is 0.374. The fraction of sp³-hybridized carbons (Fsp3) is 0.500. The van der Waals surface area contributed by atoms with E-state index in [1.807, 2.05) is 0 Å². The molecule has 1 aliphatic carbocycles. The average molecular weight is 255 g/mol.